The fourth-order valence-electron chi connectivity index (χ4n) is 0.938. The fraction of sp³-hybridized carbons (Fsp3) is 0.125. The minimum absolute atomic E-state index is 0.124. The number of hydrogen-bond donors (Lipinski definition) is 0. The highest BCUT2D eigenvalue weighted by atomic mass is 32.2. The minimum Gasteiger partial charge on any atom is -0.496 e. The van der Waals surface area contributed by atoms with Crippen molar-refractivity contribution in [1.82, 2.24) is 0 Å². The first-order valence-electron chi connectivity index (χ1n) is 3.63. The molecule has 0 atom stereocenters. The number of carbonyl (C=O) groups excluding carboxylic acids is 1. The van der Waals surface area contributed by atoms with Crippen molar-refractivity contribution in [2.75, 3.05) is 7.11 Å². The zero-order valence-electron chi connectivity index (χ0n) is 7.30. The molecule has 0 fully saturated rings. The van der Waals surface area contributed by atoms with Gasteiger partial charge in [0.05, 0.1) is 12.7 Å². The lowest BCUT2D eigenvalue weighted by molar-refractivity contribution is 0.100. The molecule has 74 valence electrons. The summed E-state index contributed by atoms with van der Waals surface area (Å²) in [5, 5.41) is 0. The summed E-state index contributed by atoms with van der Waals surface area (Å²) in [6.45, 7) is 0. The van der Waals surface area contributed by atoms with Crippen LogP contribution in [0.15, 0.2) is 28.6 Å². The molecule has 1 amide bonds. The number of para-hydroxylation sites is 1. The molecule has 0 radical (unpaired) electrons. The first-order chi connectivity index (χ1) is 6.65. The van der Waals surface area contributed by atoms with Crippen LogP contribution in [0, 0.1) is 0 Å². The number of ether oxygens (including phenoxy) is 1. The average molecular weight is 213 g/mol. The molecule has 0 unspecified atom stereocenters. The van der Waals surface area contributed by atoms with E-state index in [4.69, 9.17) is 4.74 Å². The lowest BCUT2D eigenvalue weighted by atomic mass is 10.2. The van der Waals surface area contributed by atoms with E-state index in [9.17, 15) is 13.2 Å². The van der Waals surface area contributed by atoms with Crippen molar-refractivity contribution in [3.05, 3.63) is 29.8 Å². The van der Waals surface area contributed by atoms with Crippen LogP contribution in [0.4, 0.5) is 0 Å². The van der Waals surface area contributed by atoms with Crippen molar-refractivity contribution in [2.45, 2.75) is 0 Å². The number of hydrogen-bond acceptors (Lipinski definition) is 4. The van der Waals surface area contributed by atoms with E-state index >= 15 is 0 Å². The molecule has 5 nitrogen and oxygen atoms in total. The third-order valence-electron chi connectivity index (χ3n) is 1.49. The van der Waals surface area contributed by atoms with Crippen molar-refractivity contribution in [2.24, 2.45) is 4.36 Å². The molecule has 0 spiro atoms. The van der Waals surface area contributed by atoms with E-state index in [1.165, 1.54) is 13.2 Å². The SMILES string of the molecule is COc1ccccc1C(=O)N=S(=O)=O. The van der Waals surface area contributed by atoms with E-state index in [1.807, 2.05) is 0 Å². The second-order valence-corrected chi connectivity index (χ2v) is 2.93. The molecule has 0 bridgehead atoms. The van der Waals surface area contributed by atoms with Crippen LogP contribution in [0.1, 0.15) is 10.4 Å². The third kappa shape index (κ3) is 2.40. The molecule has 14 heavy (non-hydrogen) atoms. The van der Waals surface area contributed by atoms with Gasteiger partial charge in [0.25, 0.3) is 5.91 Å². The molecule has 0 aliphatic carbocycles. The first-order valence-corrected chi connectivity index (χ1v) is 4.67. The van der Waals surface area contributed by atoms with Gasteiger partial charge >= 0.3 is 10.5 Å². The highest BCUT2D eigenvalue weighted by Gasteiger charge is 2.10. The van der Waals surface area contributed by atoms with Gasteiger partial charge < -0.3 is 4.74 Å². The Hall–Kier alpha value is -1.69. The molecule has 0 aliphatic heterocycles. The van der Waals surface area contributed by atoms with E-state index in [2.05, 4.69) is 4.36 Å². The molecular formula is C8H7NO4S. The summed E-state index contributed by atoms with van der Waals surface area (Å²) < 4.78 is 28.0. The molecule has 0 saturated heterocycles. The third-order valence-corrected chi connectivity index (χ3v) is 1.81. The van der Waals surface area contributed by atoms with Crippen LogP contribution in [0.3, 0.4) is 0 Å². The number of carbonyl (C=O) groups is 1. The van der Waals surface area contributed by atoms with Crippen LogP contribution in [0.2, 0.25) is 0 Å². The van der Waals surface area contributed by atoms with Gasteiger partial charge in [0.1, 0.15) is 5.75 Å². The minimum atomic E-state index is -2.74. The number of amides is 1. The normalized spacial score (nSPS) is 9.21. The highest BCUT2D eigenvalue weighted by Crippen LogP contribution is 2.17. The van der Waals surface area contributed by atoms with Crippen molar-refractivity contribution < 1.29 is 17.9 Å². The van der Waals surface area contributed by atoms with E-state index in [0.717, 1.165) is 0 Å². The van der Waals surface area contributed by atoms with Crippen molar-refractivity contribution in [3.8, 4) is 5.75 Å². The van der Waals surface area contributed by atoms with Crippen molar-refractivity contribution in [3.63, 3.8) is 0 Å². The predicted octanol–water partition coefficient (Wildman–Crippen LogP) is 0.898. The molecule has 0 aliphatic rings. The van der Waals surface area contributed by atoms with E-state index in [0.29, 0.717) is 5.75 Å². The van der Waals surface area contributed by atoms with Gasteiger partial charge in [-0.05, 0) is 12.1 Å². The second kappa shape index (κ2) is 4.52. The summed E-state index contributed by atoms with van der Waals surface area (Å²) >= 11 is 0. The maximum absolute atomic E-state index is 11.2. The Labute approximate surface area is 82.0 Å². The second-order valence-electron chi connectivity index (χ2n) is 2.31. The summed E-state index contributed by atoms with van der Waals surface area (Å²) in [6, 6.07) is 6.26. The van der Waals surface area contributed by atoms with Crippen LogP contribution in [0.25, 0.3) is 0 Å². The monoisotopic (exact) mass is 213 g/mol. The number of methoxy groups -OCH3 is 1. The molecule has 1 rings (SSSR count). The molecule has 6 heteroatoms. The van der Waals surface area contributed by atoms with Gasteiger partial charge in [0, 0.05) is 0 Å². The molecule has 0 N–H and O–H groups in total. The molecular weight excluding hydrogens is 206 g/mol. The molecule has 1 aromatic carbocycles. The summed E-state index contributed by atoms with van der Waals surface area (Å²) in [5.41, 5.74) is 0.124. The van der Waals surface area contributed by atoms with E-state index < -0.39 is 16.4 Å². The Balaban J connectivity index is 3.19. The smallest absolute Gasteiger partial charge is 0.319 e. The van der Waals surface area contributed by atoms with Crippen LogP contribution in [-0.4, -0.2) is 21.4 Å². The van der Waals surface area contributed by atoms with E-state index in [-0.39, 0.29) is 5.56 Å². The van der Waals surface area contributed by atoms with Crippen molar-refractivity contribution >= 4 is 16.4 Å². The number of benzene rings is 1. The molecule has 0 heterocycles. The van der Waals surface area contributed by atoms with Crippen LogP contribution in [-0.2, 0) is 10.5 Å². The Kier molecular flexibility index (Phi) is 3.35. The molecule has 1 aromatic rings. The largest absolute Gasteiger partial charge is 0.496 e. The van der Waals surface area contributed by atoms with Gasteiger partial charge in [-0.1, -0.05) is 16.5 Å². The zero-order valence-corrected chi connectivity index (χ0v) is 8.11. The Bertz CT molecular complexity index is 470. The average Bonchev–Trinajstić information content (AvgIpc) is 2.16. The van der Waals surface area contributed by atoms with E-state index in [1.54, 1.807) is 18.2 Å². The van der Waals surface area contributed by atoms with Gasteiger partial charge in [-0.25, -0.2) is 0 Å². The van der Waals surface area contributed by atoms with Gasteiger partial charge in [-0.15, -0.1) is 0 Å². The maximum Gasteiger partial charge on any atom is 0.319 e. The summed E-state index contributed by atoms with van der Waals surface area (Å²) in [7, 11) is -1.35. The van der Waals surface area contributed by atoms with Crippen LogP contribution in [0.5, 0.6) is 5.75 Å². The lowest BCUT2D eigenvalue weighted by Gasteiger charge is -2.02. The van der Waals surface area contributed by atoms with Crippen LogP contribution < -0.4 is 4.74 Å². The fourth-order valence-corrected chi connectivity index (χ4v) is 1.17. The lowest BCUT2D eigenvalue weighted by Crippen LogP contribution is -1.98. The summed E-state index contributed by atoms with van der Waals surface area (Å²) in [6.07, 6.45) is 0. The quantitative estimate of drug-likeness (QED) is 0.731. The highest BCUT2D eigenvalue weighted by molar-refractivity contribution is 7.62. The van der Waals surface area contributed by atoms with Gasteiger partial charge in [0.2, 0.25) is 0 Å². The molecule has 0 aromatic heterocycles. The molecule has 0 saturated carbocycles. The first kappa shape index (κ1) is 10.4. The standard InChI is InChI=1S/C8H7NO4S/c1-13-7-5-3-2-4-6(7)8(10)9-14(11)12/h2-5H,1H3. The number of rotatable bonds is 2. The summed E-state index contributed by atoms with van der Waals surface area (Å²) in [5.74, 6) is -0.539. The van der Waals surface area contributed by atoms with Gasteiger partial charge in [-0.2, -0.15) is 8.42 Å². The van der Waals surface area contributed by atoms with Crippen molar-refractivity contribution in [1.29, 1.82) is 0 Å². The predicted molar refractivity (Wildman–Crippen MR) is 48.7 cm³/mol. The Morgan fingerprint density at radius 2 is 2.00 bits per heavy atom. The number of nitrogens with zero attached hydrogens (tertiary/aromatic N) is 1. The van der Waals surface area contributed by atoms with Crippen LogP contribution >= 0.6 is 0 Å². The maximum atomic E-state index is 11.2. The van der Waals surface area contributed by atoms with Gasteiger partial charge in [0.15, 0.2) is 0 Å². The van der Waals surface area contributed by atoms with Gasteiger partial charge in [-0.3, -0.25) is 4.79 Å². The topological polar surface area (TPSA) is 72.8 Å². The zero-order chi connectivity index (χ0) is 10.6. The Morgan fingerprint density at radius 1 is 1.36 bits per heavy atom. The Morgan fingerprint density at radius 3 is 2.57 bits per heavy atom. The summed E-state index contributed by atoms with van der Waals surface area (Å²) in [4.78, 5) is 11.2.